The molecule has 7 aromatic carbocycles. The van der Waals surface area contributed by atoms with Gasteiger partial charge in [0.05, 0.1) is 0 Å². The molecule has 8 aromatic rings. The first-order chi connectivity index (χ1) is 22.3. The predicted octanol–water partition coefficient (Wildman–Crippen LogP) is 10.1. The zero-order chi connectivity index (χ0) is 29.7. The smallest absolute Gasteiger partial charge is 0.160 e. The van der Waals surface area contributed by atoms with Crippen molar-refractivity contribution in [2.45, 2.75) is 6.17 Å². The molecule has 0 spiro atoms. The van der Waals surface area contributed by atoms with Crippen molar-refractivity contribution in [3.63, 3.8) is 0 Å². The predicted molar refractivity (Wildman–Crippen MR) is 186 cm³/mol. The van der Waals surface area contributed by atoms with E-state index in [9.17, 15) is 0 Å². The maximum Gasteiger partial charge on any atom is 0.160 e. The van der Waals surface area contributed by atoms with Crippen LogP contribution in [0.1, 0.15) is 22.9 Å². The molecule has 0 fully saturated rings. The van der Waals surface area contributed by atoms with Crippen LogP contribution in [0.3, 0.4) is 0 Å². The van der Waals surface area contributed by atoms with Gasteiger partial charge in [0.15, 0.2) is 5.84 Å². The van der Waals surface area contributed by atoms with Gasteiger partial charge in [-0.25, -0.2) is 9.98 Å². The average molecular weight is 578 g/mol. The van der Waals surface area contributed by atoms with Gasteiger partial charge in [0.25, 0.3) is 0 Å². The van der Waals surface area contributed by atoms with Crippen molar-refractivity contribution in [1.82, 2.24) is 5.32 Å². The molecule has 0 saturated carbocycles. The maximum atomic E-state index is 6.50. The van der Waals surface area contributed by atoms with Crippen LogP contribution in [0.2, 0.25) is 0 Å². The second kappa shape index (κ2) is 10.3. The SMILES string of the molecule is c1ccc(C2=NC(c3cccc4oc5cc(-c6ccc7c(ccc8ccccc87)c6)ccc5c34)=NC(c3ccccc3)N2)cc1. The van der Waals surface area contributed by atoms with E-state index < -0.39 is 0 Å². The van der Waals surface area contributed by atoms with Crippen LogP contribution in [-0.4, -0.2) is 11.7 Å². The molecule has 0 aliphatic carbocycles. The van der Waals surface area contributed by atoms with E-state index in [1.165, 1.54) is 21.5 Å². The highest BCUT2D eigenvalue weighted by molar-refractivity contribution is 6.22. The molecule has 0 bridgehead atoms. The van der Waals surface area contributed by atoms with Crippen molar-refractivity contribution in [3.05, 3.63) is 168 Å². The number of furan rings is 1. The Balaban J connectivity index is 1.17. The van der Waals surface area contributed by atoms with E-state index in [1.54, 1.807) is 0 Å². The summed E-state index contributed by atoms with van der Waals surface area (Å²) in [5, 5.41) is 10.6. The lowest BCUT2D eigenvalue weighted by Gasteiger charge is -2.23. The number of aliphatic imine (C=N–C) groups is 2. The van der Waals surface area contributed by atoms with Crippen molar-refractivity contribution in [3.8, 4) is 11.1 Å². The van der Waals surface area contributed by atoms with E-state index in [1.807, 2.05) is 48.5 Å². The summed E-state index contributed by atoms with van der Waals surface area (Å²) in [7, 11) is 0. The normalized spacial score (nSPS) is 14.9. The summed E-state index contributed by atoms with van der Waals surface area (Å²) in [5.41, 5.74) is 6.98. The minimum absolute atomic E-state index is 0.265. The summed E-state index contributed by atoms with van der Waals surface area (Å²) in [5.74, 6) is 1.48. The fourth-order valence-corrected chi connectivity index (χ4v) is 6.50. The molecule has 0 amide bonds. The van der Waals surface area contributed by atoms with Crippen molar-refractivity contribution in [2.24, 2.45) is 9.98 Å². The number of nitrogens with one attached hydrogen (secondary N) is 1. The Morgan fingerprint density at radius 2 is 1.22 bits per heavy atom. The van der Waals surface area contributed by atoms with Crippen molar-refractivity contribution in [1.29, 1.82) is 0 Å². The second-order valence-corrected chi connectivity index (χ2v) is 11.5. The van der Waals surface area contributed by atoms with Crippen LogP contribution in [0.4, 0.5) is 0 Å². The summed E-state index contributed by atoms with van der Waals surface area (Å²) in [4.78, 5) is 10.2. The van der Waals surface area contributed by atoms with E-state index >= 15 is 0 Å². The fraction of sp³-hybridized carbons (Fsp3) is 0.0244. The molecule has 1 N–H and O–H groups in total. The molecule has 4 nitrogen and oxygen atoms in total. The van der Waals surface area contributed by atoms with Gasteiger partial charge in [0, 0.05) is 21.9 Å². The van der Waals surface area contributed by atoms with Crippen LogP contribution in [0, 0.1) is 0 Å². The van der Waals surface area contributed by atoms with Crippen LogP contribution in [0.15, 0.2) is 166 Å². The Hall–Kier alpha value is -6.00. The fourth-order valence-electron chi connectivity index (χ4n) is 6.50. The molecule has 1 aromatic heterocycles. The maximum absolute atomic E-state index is 6.50. The number of rotatable bonds is 4. The Kier molecular flexibility index (Phi) is 5.85. The van der Waals surface area contributed by atoms with Crippen molar-refractivity contribution >= 4 is 55.2 Å². The summed E-state index contributed by atoms with van der Waals surface area (Å²) < 4.78 is 6.50. The number of benzene rings is 7. The lowest BCUT2D eigenvalue weighted by molar-refractivity contribution is 0.668. The standard InChI is InChI=1S/C41H27N3O/c1-3-11-27(12-4-1)39-42-40(28-13-5-2-6-14-28)44-41(43-39)35-16-9-17-36-38(35)34-23-21-30(25-37(34)45-36)29-20-22-33-31(24-29)19-18-26-10-7-8-15-32(26)33/h1-25,39H,(H,42,43,44). The molecule has 1 atom stereocenters. The van der Waals surface area contributed by atoms with Gasteiger partial charge in [-0.15, -0.1) is 0 Å². The molecule has 0 saturated heterocycles. The van der Waals surface area contributed by atoms with Gasteiger partial charge in [0.1, 0.15) is 23.2 Å². The molecule has 45 heavy (non-hydrogen) atoms. The Morgan fingerprint density at radius 1 is 0.511 bits per heavy atom. The highest BCUT2D eigenvalue weighted by atomic mass is 16.3. The number of hydrogen-bond acceptors (Lipinski definition) is 4. The molecule has 2 heterocycles. The largest absolute Gasteiger partial charge is 0.456 e. The minimum Gasteiger partial charge on any atom is -0.456 e. The van der Waals surface area contributed by atoms with E-state index in [-0.39, 0.29) is 6.17 Å². The summed E-state index contributed by atoms with van der Waals surface area (Å²) in [6.45, 7) is 0. The molecule has 212 valence electrons. The van der Waals surface area contributed by atoms with Crippen molar-refractivity contribution in [2.75, 3.05) is 0 Å². The topological polar surface area (TPSA) is 49.9 Å². The Morgan fingerprint density at radius 3 is 2.09 bits per heavy atom. The van der Waals surface area contributed by atoms with Gasteiger partial charge in [-0.2, -0.15) is 0 Å². The Labute approximate surface area is 260 Å². The van der Waals surface area contributed by atoms with Crippen LogP contribution < -0.4 is 5.32 Å². The third-order valence-electron chi connectivity index (χ3n) is 8.72. The number of amidine groups is 2. The Bertz CT molecular complexity index is 2460. The highest BCUT2D eigenvalue weighted by Gasteiger charge is 2.23. The quantitative estimate of drug-likeness (QED) is 0.212. The van der Waals surface area contributed by atoms with Gasteiger partial charge < -0.3 is 9.73 Å². The molecule has 1 unspecified atom stereocenters. The third-order valence-corrected chi connectivity index (χ3v) is 8.72. The third kappa shape index (κ3) is 4.38. The zero-order valence-corrected chi connectivity index (χ0v) is 24.3. The highest BCUT2D eigenvalue weighted by Crippen LogP contribution is 2.37. The number of nitrogens with zero attached hydrogens (tertiary/aromatic N) is 2. The molecule has 0 radical (unpaired) electrons. The van der Waals surface area contributed by atoms with Gasteiger partial charge in [-0.1, -0.05) is 127 Å². The molecular weight excluding hydrogens is 550 g/mol. The molecule has 1 aliphatic rings. The number of fused-ring (bicyclic) bond motifs is 6. The molecule has 1 aliphatic heterocycles. The first-order valence-corrected chi connectivity index (χ1v) is 15.2. The number of hydrogen-bond donors (Lipinski definition) is 1. The monoisotopic (exact) mass is 577 g/mol. The molecule has 4 heteroatoms. The first-order valence-electron chi connectivity index (χ1n) is 15.2. The van der Waals surface area contributed by atoms with Gasteiger partial charge in [-0.05, 0) is 62.5 Å². The van der Waals surface area contributed by atoms with Crippen LogP contribution in [-0.2, 0) is 0 Å². The zero-order valence-electron chi connectivity index (χ0n) is 24.3. The van der Waals surface area contributed by atoms with Gasteiger partial charge >= 0.3 is 0 Å². The lowest BCUT2D eigenvalue weighted by atomic mass is 9.96. The first kappa shape index (κ1) is 25.5. The summed E-state index contributed by atoms with van der Waals surface area (Å²) in [6, 6.07) is 52.8. The van der Waals surface area contributed by atoms with Crippen LogP contribution in [0.25, 0.3) is 54.6 Å². The summed E-state index contributed by atoms with van der Waals surface area (Å²) in [6.07, 6.45) is -0.265. The van der Waals surface area contributed by atoms with Gasteiger partial charge in [0.2, 0.25) is 0 Å². The second-order valence-electron chi connectivity index (χ2n) is 11.5. The average Bonchev–Trinajstić information content (AvgIpc) is 3.50. The van der Waals surface area contributed by atoms with E-state index in [0.717, 1.165) is 55.6 Å². The molecular formula is C41H27N3O. The van der Waals surface area contributed by atoms with Gasteiger partial charge in [-0.3, -0.25) is 0 Å². The van der Waals surface area contributed by atoms with E-state index in [2.05, 4.69) is 108 Å². The lowest BCUT2D eigenvalue weighted by Crippen LogP contribution is -2.33. The minimum atomic E-state index is -0.265. The summed E-state index contributed by atoms with van der Waals surface area (Å²) >= 11 is 0. The van der Waals surface area contributed by atoms with Crippen LogP contribution in [0.5, 0.6) is 0 Å². The van der Waals surface area contributed by atoms with Crippen LogP contribution >= 0.6 is 0 Å². The van der Waals surface area contributed by atoms with E-state index in [0.29, 0.717) is 5.84 Å². The van der Waals surface area contributed by atoms with Crippen molar-refractivity contribution < 1.29 is 4.42 Å². The molecule has 9 rings (SSSR count). The van der Waals surface area contributed by atoms with E-state index in [4.69, 9.17) is 14.4 Å².